The molecule has 0 aliphatic rings. The summed E-state index contributed by atoms with van der Waals surface area (Å²) >= 11 is 2.97. The molecule has 0 radical (unpaired) electrons. The fourth-order valence-corrected chi connectivity index (χ4v) is 1.80. The van der Waals surface area contributed by atoms with Gasteiger partial charge in [0, 0.05) is 4.47 Å². The van der Waals surface area contributed by atoms with Crippen LogP contribution in [0.3, 0.4) is 0 Å². The van der Waals surface area contributed by atoms with E-state index in [1.807, 2.05) is 0 Å². The maximum atomic E-state index is 13.3. The van der Waals surface area contributed by atoms with Crippen molar-refractivity contribution in [3.05, 3.63) is 45.9 Å². The monoisotopic (exact) mass is 278 g/mol. The number of benzene rings is 2. The Morgan fingerprint density at radius 1 is 0.800 bits per heavy atom. The van der Waals surface area contributed by atoms with Crippen LogP contribution in [0.15, 0.2) is 22.7 Å². The van der Waals surface area contributed by atoms with Crippen molar-refractivity contribution in [2.24, 2.45) is 0 Å². The summed E-state index contributed by atoms with van der Waals surface area (Å²) in [6.45, 7) is 0. The molecule has 2 aromatic carbocycles. The Labute approximate surface area is 90.6 Å². The Bertz CT molecular complexity index is 551. The lowest BCUT2D eigenvalue weighted by Crippen LogP contribution is -1.94. The van der Waals surface area contributed by atoms with Gasteiger partial charge in [-0.15, -0.1) is 0 Å². The zero-order valence-electron chi connectivity index (χ0n) is 7.12. The van der Waals surface area contributed by atoms with Gasteiger partial charge in [-0.1, -0.05) is 15.9 Å². The molecule has 0 heterocycles. The van der Waals surface area contributed by atoms with Gasteiger partial charge in [-0.25, -0.2) is 17.6 Å². The van der Waals surface area contributed by atoms with Crippen molar-refractivity contribution in [2.75, 3.05) is 0 Å². The quantitative estimate of drug-likeness (QED) is 0.501. The molecule has 0 saturated carbocycles. The minimum atomic E-state index is -1.66. The van der Waals surface area contributed by atoms with Crippen LogP contribution in [-0.2, 0) is 0 Å². The van der Waals surface area contributed by atoms with E-state index in [1.54, 1.807) is 0 Å². The van der Waals surface area contributed by atoms with Crippen molar-refractivity contribution >= 4 is 26.7 Å². The molecule has 0 nitrogen and oxygen atoms in total. The molecule has 0 amide bonds. The predicted molar refractivity (Wildman–Crippen MR) is 51.5 cm³/mol. The van der Waals surface area contributed by atoms with Gasteiger partial charge in [-0.2, -0.15) is 0 Å². The Morgan fingerprint density at radius 2 is 1.47 bits per heavy atom. The molecule has 0 unspecified atom stereocenters. The van der Waals surface area contributed by atoms with E-state index >= 15 is 0 Å². The highest BCUT2D eigenvalue weighted by atomic mass is 79.9. The standard InChI is InChI=1S/C10H3BrF4/c11-5-1-4-2-7(13)9(14)10(15)8(4)6(12)3-5/h1-3H. The van der Waals surface area contributed by atoms with Crippen molar-refractivity contribution in [2.45, 2.75) is 0 Å². The van der Waals surface area contributed by atoms with Crippen LogP contribution in [0.1, 0.15) is 0 Å². The first-order valence-electron chi connectivity index (χ1n) is 3.93. The Kier molecular flexibility index (Phi) is 2.42. The van der Waals surface area contributed by atoms with Crippen LogP contribution in [-0.4, -0.2) is 0 Å². The average Bonchev–Trinajstić information content (AvgIpc) is 2.13. The van der Waals surface area contributed by atoms with Crippen molar-refractivity contribution in [1.29, 1.82) is 0 Å². The Hall–Kier alpha value is -1.10. The molecule has 0 saturated heterocycles. The third-order valence-corrected chi connectivity index (χ3v) is 2.45. The molecular formula is C10H3BrF4. The molecule has 15 heavy (non-hydrogen) atoms. The molecule has 0 bridgehead atoms. The number of hydrogen-bond donors (Lipinski definition) is 0. The van der Waals surface area contributed by atoms with Gasteiger partial charge < -0.3 is 0 Å². The van der Waals surface area contributed by atoms with Gasteiger partial charge in [0.25, 0.3) is 0 Å². The van der Waals surface area contributed by atoms with Gasteiger partial charge in [-0.3, -0.25) is 0 Å². The van der Waals surface area contributed by atoms with Crippen LogP contribution in [0.2, 0.25) is 0 Å². The molecule has 0 aromatic heterocycles. The van der Waals surface area contributed by atoms with E-state index < -0.39 is 28.7 Å². The predicted octanol–water partition coefficient (Wildman–Crippen LogP) is 4.16. The van der Waals surface area contributed by atoms with E-state index in [4.69, 9.17) is 0 Å². The Morgan fingerprint density at radius 3 is 2.13 bits per heavy atom. The molecule has 0 N–H and O–H groups in total. The summed E-state index contributed by atoms with van der Waals surface area (Å²) in [6, 6.07) is 3.05. The first-order valence-corrected chi connectivity index (χ1v) is 4.72. The minimum absolute atomic E-state index is 0.0294. The van der Waals surface area contributed by atoms with Crippen LogP contribution in [0, 0.1) is 23.3 Å². The van der Waals surface area contributed by atoms with Crippen molar-refractivity contribution in [3.63, 3.8) is 0 Å². The van der Waals surface area contributed by atoms with Crippen LogP contribution in [0.5, 0.6) is 0 Å². The SMILES string of the molecule is Fc1cc2cc(Br)cc(F)c2c(F)c1F. The van der Waals surface area contributed by atoms with Crippen molar-refractivity contribution in [3.8, 4) is 0 Å². The van der Waals surface area contributed by atoms with Crippen LogP contribution < -0.4 is 0 Å². The van der Waals surface area contributed by atoms with Crippen LogP contribution in [0.4, 0.5) is 17.6 Å². The molecule has 0 fully saturated rings. The van der Waals surface area contributed by atoms with Gasteiger partial charge in [0.15, 0.2) is 17.5 Å². The molecule has 2 rings (SSSR count). The summed E-state index contributed by atoms with van der Waals surface area (Å²) in [5.41, 5.74) is 0. The molecule has 0 spiro atoms. The second-order valence-electron chi connectivity index (χ2n) is 2.97. The molecular weight excluding hydrogens is 276 g/mol. The third-order valence-electron chi connectivity index (χ3n) is 1.99. The van der Waals surface area contributed by atoms with Crippen molar-refractivity contribution in [1.82, 2.24) is 0 Å². The number of rotatable bonds is 0. The third kappa shape index (κ3) is 1.61. The van der Waals surface area contributed by atoms with Crippen LogP contribution >= 0.6 is 15.9 Å². The maximum absolute atomic E-state index is 13.3. The first-order chi connectivity index (χ1) is 7.00. The average molecular weight is 279 g/mol. The molecule has 2 aromatic rings. The smallest absolute Gasteiger partial charge is 0.195 e. The second kappa shape index (κ2) is 3.48. The number of halogens is 5. The van der Waals surface area contributed by atoms with Gasteiger partial charge >= 0.3 is 0 Å². The maximum Gasteiger partial charge on any atom is 0.195 e. The van der Waals surface area contributed by atoms with E-state index in [2.05, 4.69) is 15.9 Å². The summed E-state index contributed by atoms with van der Waals surface area (Å²) in [5, 5.41) is -0.574. The van der Waals surface area contributed by atoms with Crippen molar-refractivity contribution < 1.29 is 17.6 Å². The number of fused-ring (bicyclic) bond motifs is 1. The highest BCUT2D eigenvalue weighted by Gasteiger charge is 2.16. The fraction of sp³-hybridized carbons (Fsp3) is 0. The summed E-state index contributed by atoms with van der Waals surface area (Å²) in [6.07, 6.45) is 0. The van der Waals surface area contributed by atoms with E-state index in [9.17, 15) is 17.6 Å². The van der Waals surface area contributed by atoms with Gasteiger partial charge in [0.05, 0.1) is 5.39 Å². The minimum Gasteiger partial charge on any atom is -0.206 e. The van der Waals surface area contributed by atoms with E-state index in [1.165, 1.54) is 6.07 Å². The lowest BCUT2D eigenvalue weighted by Gasteiger charge is -2.04. The lowest BCUT2D eigenvalue weighted by atomic mass is 10.1. The molecule has 0 aliphatic carbocycles. The number of hydrogen-bond acceptors (Lipinski definition) is 0. The van der Waals surface area contributed by atoms with Gasteiger partial charge in [0.1, 0.15) is 5.82 Å². The summed E-state index contributed by atoms with van der Waals surface area (Å²) in [7, 11) is 0. The fourth-order valence-electron chi connectivity index (χ4n) is 1.35. The highest BCUT2D eigenvalue weighted by Crippen LogP contribution is 2.28. The Balaban J connectivity index is 2.99. The topological polar surface area (TPSA) is 0 Å². The summed E-state index contributed by atoms with van der Waals surface area (Å²) in [4.78, 5) is 0. The first kappa shape index (κ1) is 10.4. The molecule has 0 atom stereocenters. The summed E-state index contributed by atoms with van der Waals surface area (Å²) < 4.78 is 52.4. The van der Waals surface area contributed by atoms with Gasteiger partial charge in [-0.05, 0) is 23.6 Å². The summed E-state index contributed by atoms with van der Waals surface area (Å²) in [5.74, 6) is -5.44. The van der Waals surface area contributed by atoms with E-state index in [0.717, 1.165) is 12.1 Å². The zero-order valence-corrected chi connectivity index (χ0v) is 8.71. The zero-order chi connectivity index (χ0) is 11.2. The van der Waals surface area contributed by atoms with E-state index in [0.29, 0.717) is 4.47 Å². The normalized spacial score (nSPS) is 11.0. The molecule has 0 aliphatic heterocycles. The van der Waals surface area contributed by atoms with Crippen LogP contribution in [0.25, 0.3) is 10.8 Å². The van der Waals surface area contributed by atoms with E-state index in [-0.39, 0.29) is 5.39 Å². The largest absolute Gasteiger partial charge is 0.206 e. The second-order valence-corrected chi connectivity index (χ2v) is 3.89. The molecule has 78 valence electrons. The molecule has 5 heteroatoms. The van der Waals surface area contributed by atoms with Gasteiger partial charge in [0.2, 0.25) is 0 Å². The highest BCUT2D eigenvalue weighted by molar-refractivity contribution is 9.10. The lowest BCUT2D eigenvalue weighted by molar-refractivity contribution is 0.451.